The Bertz CT molecular complexity index is 492. The van der Waals surface area contributed by atoms with Crippen molar-refractivity contribution in [2.24, 2.45) is 0 Å². The van der Waals surface area contributed by atoms with Crippen LogP contribution in [0.3, 0.4) is 0 Å². The number of anilines is 1. The third-order valence-electron chi connectivity index (χ3n) is 2.32. The molecule has 0 radical (unpaired) electrons. The van der Waals surface area contributed by atoms with E-state index in [0.717, 1.165) is 28.7 Å². The Kier molecular flexibility index (Phi) is 2.85. The minimum absolute atomic E-state index is 0.592. The lowest BCUT2D eigenvalue weighted by molar-refractivity contribution is 0.391. The molecule has 1 N–H and O–H groups in total. The normalized spacial score (nSPS) is 10.4. The predicted molar refractivity (Wildman–Crippen MR) is 60.1 cm³/mol. The smallest absolute Gasteiger partial charge is 0.145 e. The summed E-state index contributed by atoms with van der Waals surface area (Å²) in [6.07, 6.45) is 1.72. The number of nitrogens with one attached hydrogen (secondary N) is 1. The zero-order valence-electron chi connectivity index (χ0n) is 9.61. The van der Waals surface area contributed by atoms with Crippen molar-refractivity contribution in [2.45, 2.75) is 27.3 Å². The Morgan fingerprint density at radius 3 is 2.69 bits per heavy atom. The maximum Gasteiger partial charge on any atom is 0.145 e. The standard InChI is InChI=1S/C11H14N4O/c1-7-4-10(15-16-7)5-13-11-6-12-8(2)9(3)14-11/h4,6H,5H2,1-3H3,(H,13,14). The van der Waals surface area contributed by atoms with Crippen LogP contribution in [0.25, 0.3) is 0 Å². The Morgan fingerprint density at radius 2 is 2.06 bits per heavy atom. The van der Waals surface area contributed by atoms with Gasteiger partial charge >= 0.3 is 0 Å². The van der Waals surface area contributed by atoms with Crippen LogP contribution >= 0.6 is 0 Å². The molecule has 5 heteroatoms. The fourth-order valence-corrected chi connectivity index (χ4v) is 1.31. The molecule has 0 amide bonds. The molecule has 0 aliphatic carbocycles. The molecule has 5 nitrogen and oxygen atoms in total. The van der Waals surface area contributed by atoms with Crippen molar-refractivity contribution in [3.8, 4) is 0 Å². The molecule has 0 unspecified atom stereocenters. The molecule has 0 fully saturated rings. The number of rotatable bonds is 3. The van der Waals surface area contributed by atoms with Gasteiger partial charge < -0.3 is 9.84 Å². The Morgan fingerprint density at radius 1 is 1.25 bits per heavy atom. The predicted octanol–water partition coefficient (Wildman–Crippen LogP) is 2.00. The monoisotopic (exact) mass is 218 g/mol. The highest BCUT2D eigenvalue weighted by Gasteiger charge is 2.02. The van der Waals surface area contributed by atoms with Crippen molar-refractivity contribution < 1.29 is 4.52 Å². The highest BCUT2D eigenvalue weighted by Crippen LogP contribution is 2.08. The molecule has 0 atom stereocenters. The Balaban J connectivity index is 2.02. The van der Waals surface area contributed by atoms with Crippen LogP contribution in [0.2, 0.25) is 0 Å². The summed E-state index contributed by atoms with van der Waals surface area (Å²) in [6.45, 7) is 6.34. The lowest BCUT2D eigenvalue weighted by atomic mass is 10.3. The first-order valence-electron chi connectivity index (χ1n) is 5.11. The van der Waals surface area contributed by atoms with Gasteiger partial charge in [0.05, 0.1) is 24.1 Å². The number of nitrogens with zero attached hydrogens (tertiary/aromatic N) is 3. The van der Waals surface area contributed by atoms with Gasteiger partial charge in [0.15, 0.2) is 0 Å². The third-order valence-corrected chi connectivity index (χ3v) is 2.32. The van der Waals surface area contributed by atoms with E-state index in [0.29, 0.717) is 6.54 Å². The quantitative estimate of drug-likeness (QED) is 0.853. The van der Waals surface area contributed by atoms with Gasteiger partial charge in [-0.25, -0.2) is 4.98 Å². The largest absolute Gasteiger partial charge is 0.363 e. The summed E-state index contributed by atoms with van der Waals surface area (Å²) in [5, 5.41) is 7.03. The van der Waals surface area contributed by atoms with Gasteiger partial charge in [-0.05, 0) is 20.8 Å². The second kappa shape index (κ2) is 4.30. The van der Waals surface area contributed by atoms with E-state index in [1.165, 1.54) is 0 Å². The third kappa shape index (κ3) is 2.36. The van der Waals surface area contributed by atoms with E-state index in [4.69, 9.17) is 4.52 Å². The topological polar surface area (TPSA) is 63.8 Å². The highest BCUT2D eigenvalue weighted by molar-refractivity contribution is 5.33. The summed E-state index contributed by atoms with van der Waals surface area (Å²) in [4.78, 5) is 8.59. The van der Waals surface area contributed by atoms with E-state index in [1.54, 1.807) is 6.20 Å². The van der Waals surface area contributed by atoms with Gasteiger partial charge in [0, 0.05) is 6.07 Å². The molecule has 0 aliphatic heterocycles. The number of hydrogen-bond acceptors (Lipinski definition) is 5. The first-order chi connectivity index (χ1) is 7.65. The van der Waals surface area contributed by atoms with E-state index in [2.05, 4.69) is 20.4 Å². The van der Waals surface area contributed by atoms with Crippen molar-refractivity contribution in [3.63, 3.8) is 0 Å². The SMILES string of the molecule is Cc1cc(CNc2cnc(C)c(C)n2)no1. The molecule has 0 spiro atoms. The molecule has 0 saturated carbocycles. The van der Waals surface area contributed by atoms with E-state index >= 15 is 0 Å². The molecule has 0 aliphatic rings. The zero-order valence-corrected chi connectivity index (χ0v) is 9.61. The Hall–Kier alpha value is -1.91. The zero-order chi connectivity index (χ0) is 11.5. The molecule has 84 valence electrons. The molecule has 2 aromatic rings. The van der Waals surface area contributed by atoms with Gasteiger partial charge in [0.2, 0.25) is 0 Å². The summed E-state index contributed by atoms with van der Waals surface area (Å²) < 4.78 is 4.97. The first kappa shape index (κ1) is 10.6. The first-order valence-corrected chi connectivity index (χ1v) is 5.11. The lowest BCUT2D eigenvalue weighted by Crippen LogP contribution is -2.04. The molecule has 0 bridgehead atoms. The fourth-order valence-electron chi connectivity index (χ4n) is 1.31. The van der Waals surface area contributed by atoms with Crippen LogP contribution in [0.5, 0.6) is 0 Å². The summed E-state index contributed by atoms with van der Waals surface area (Å²) in [5.41, 5.74) is 2.74. The molecule has 0 aromatic carbocycles. The summed E-state index contributed by atoms with van der Waals surface area (Å²) >= 11 is 0. The molecule has 2 heterocycles. The van der Waals surface area contributed by atoms with Gasteiger partial charge in [-0.1, -0.05) is 5.16 Å². The highest BCUT2D eigenvalue weighted by atomic mass is 16.5. The van der Waals surface area contributed by atoms with Gasteiger partial charge in [-0.2, -0.15) is 0 Å². The van der Waals surface area contributed by atoms with Crippen LogP contribution in [0, 0.1) is 20.8 Å². The van der Waals surface area contributed by atoms with Gasteiger partial charge in [-0.15, -0.1) is 0 Å². The lowest BCUT2D eigenvalue weighted by Gasteiger charge is -2.04. The van der Waals surface area contributed by atoms with Crippen molar-refractivity contribution in [3.05, 3.63) is 35.1 Å². The van der Waals surface area contributed by atoms with Crippen molar-refractivity contribution in [2.75, 3.05) is 5.32 Å². The van der Waals surface area contributed by atoms with Crippen LogP contribution < -0.4 is 5.32 Å². The molecular formula is C11H14N4O. The van der Waals surface area contributed by atoms with Crippen LogP contribution in [0.1, 0.15) is 22.8 Å². The van der Waals surface area contributed by atoms with Gasteiger partial charge in [0.1, 0.15) is 17.3 Å². The number of aromatic nitrogens is 3. The van der Waals surface area contributed by atoms with Crippen LogP contribution in [-0.4, -0.2) is 15.1 Å². The average molecular weight is 218 g/mol. The minimum Gasteiger partial charge on any atom is -0.363 e. The molecule has 0 saturated heterocycles. The average Bonchev–Trinajstić information content (AvgIpc) is 2.66. The minimum atomic E-state index is 0.592. The summed E-state index contributed by atoms with van der Waals surface area (Å²) in [5.74, 6) is 1.56. The summed E-state index contributed by atoms with van der Waals surface area (Å²) in [7, 11) is 0. The summed E-state index contributed by atoms with van der Waals surface area (Å²) in [6, 6.07) is 1.89. The van der Waals surface area contributed by atoms with Crippen LogP contribution in [0.4, 0.5) is 5.82 Å². The second-order valence-corrected chi connectivity index (χ2v) is 3.71. The van der Waals surface area contributed by atoms with E-state index in [-0.39, 0.29) is 0 Å². The van der Waals surface area contributed by atoms with E-state index < -0.39 is 0 Å². The van der Waals surface area contributed by atoms with Gasteiger partial charge in [-0.3, -0.25) is 4.98 Å². The van der Waals surface area contributed by atoms with E-state index in [1.807, 2.05) is 26.8 Å². The van der Waals surface area contributed by atoms with E-state index in [9.17, 15) is 0 Å². The van der Waals surface area contributed by atoms with Crippen LogP contribution in [-0.2, 0) is 6.54 Å². The van der Waals surface area contributed by atoms with Crippen molar-refractivity contribution >= 4 is 5.82 Å². The number of aryl methyl sites for hydroxylation is 3. The Labute approximate surface area is 93.9 Å². The fraction of sp³-hybridized carbons (Fsp3) is 0.364. The molecule has 16 heavy (non-hydrogen) atoms. The maximum atomic E-state index is 4.97. The van der Waals surface area contributed by atoms with Gasteiger partial charge in [0.25, 0.3) is 0 Å². The van der Waals surface area contributed by atoms with Crippen molar-refractivity contribution in [1.29, 1.82) is 0 Å². The van der Waals surface area contributed by atoms with Crippen molar-refractivity contribution in [1.82, 2.24) is 15.1 Å². The maximum absolute atomic E-state index is 4.97. The molecule has 2 aromatic heterocycles. The van der Waals surface area contributed by atoms with Crippen LogP contribution in [0.15, 0.2) is 16.8 Å². The molecule has 2 rings (SSSR count). The second-order valence-electron chi connectivity index (χ2n) is 3.71. The molecular weight excluding hydrogens is 204 g/mol. The number of hydrogen-bond donors (Lipinski definition) is 1.